The Labute approximate surface area is 105 Å². The van der Waals surface area contributed by atoms with Crippen LogP contribution < -0.4 is 0 Å². The summed E-state index contributed by atoms with van der Waals surface area (Å²) in [6.45, 7) is 5.69. The monoisotopic (exact) mass is 259 g/mol. The van der Waals surface area contributed by atoms with Crippen LogP contribution in [0.2, 0.25) is 0 Å². The van der Waals surface area contributed by atoms with Crippen LogP contribution in [0.15, 0.2) is 0 Å². The van der Waals surface area contributed by atoms with E-state index < -0.39 is 12.0 Å². The van der Waals surface area contributed by atoms with E-state index in [9.17, 15) is 13.9 Å². The van der Waals surface area contributed by atoms with Crippen molar-refractivity contribution in [3.8, 4) is 0 Å². The van der Waals surface area contributed by atoms with Gasteiger partial charge in [0, 0.05) is 6.42 Å². The quantitative estimate of drug-likeness (QED) is 0.777. The summed E-state index contributed by atoms with van der Waals surface area (Å²) < 4.78 is 29.5. The maximum atomic E-state index is 14.0. The van der Waals surface area contributed by atoms with Gasteiger partial charge in [-0.3, -0.25) is 0 Å². The third-order valence-corrected chi connectivity index (χ3v) is 3.25. The average Bonchev–Trinajstić information content (AvgIpc) is 2.66. The third-order valence-electron chi connectivity index (χ3n) is 3.25. The molecule has 4 nitrogen and oxygen atoms in total. The molecule has 0 fully saturated rings. The van der Waals surface area contributed by atoms with Crippen LogP contribution >= 0.6 is 0 Å². The molecule has 2 rings (SSSR count). The second kappa shape index (κ2) is 4.26. The molecule has 0 aliphatic heterocycles. The Morgan fingerprint density at radius 2 is 2.00 bits per heavy atom. The Morgan fingerprint density at radius 1 is 1.33 bits per heavy atom. The van der Waals surface area contributed by atoms with Crippen molar-refractivity contribution < 1.29 is 13.9 Å². The predicted molar refractivity (Wildman–Crippen MR) is 62.5 cm³/mol. The van der Waals surface area contributed by atoms with Gasteiger partial charge < -0.3 is 5.11 Å². The van der Waals surface area contributed by atoms with Crippen molar-refractivity contribution in [1.29, 1.82) is 0 Å². The SMILES string of the molecule is CC(C)(C)n1nnc2c1CCC(O)CCC2(F)F. The standard InChI is InChI=1S/C12H19F2N3O/c1-11(2,3)17-9-5-4-8(18)6-7-12(13,14)10(9)15-16-17/h8,18H,4-7H2,1-3H3. The Bertz CT molecular complexity index is 437. The van der Waals surface area contributed by atoms with Crippen molar-refractivity contribution in [3.63, 3.8) is 0 Å². The summed E-state index contributed by atoms with van der Waals surface area (Å²) in [5, 5.41) is 17.2. The molecule has 0 bridgehead atoms. The van der Waals surface area contributed by atoms with Gasteiger partial charge >= 0.3 is 0 Å². The Morgan fingerprint density at radius 3 is 2.61 bits per heavy atom. The minimum Gasteiger partial charge on any atom is -0.393 e. The van der Waals surface area contributed by atoms with Crippen molar-refractivity contribution in [2.75, 3.05) is 0 Å². The molecule has 0 spiro atoms. The summed E-state index contributed by atoms with van der Waals surface area (Å²) in [5.41, 5.74) is -0.156. The first-order chi connectivity index (χ1) is 8.22. The highest BCUT2D eigenvalue weighted by molar-refractivity contribution is 5.18. The van der Waals surface area contributed by atoms with E-state index in [0.29, 0.717) is 18.5 Å². The molecule has 0 aromatic carbocycles. The van der Waals surface area contributed by atoms with Gasteiger partial charge in [-0.15, -0.1) is 5.10 Å². The molecule has 1 N–H and O–H groups in total. The number of hydrogen-bond acceptors (Lipinski definition) is 3. The molecule has 1 unspecified atom stereocenters. The van der Waals surface area contributed by atoms with Crippen molar-refractivity contribution >= 4 is 0 Å². The molecule has 0 saturated heterocycles. The topological polar surface area (TPSA) is 50.9 Å². The van der Waals surface area contributed by atoms with Gasteiger partial charge in [0.05, 0.1) is 17.3 Å². The number of aliphatic hydroxyl groups excluding tert-OH is 1. The fourth-order valence-corrected chi connectivity index (χ4v) is 2.26. The van der Waals surface area contributed by atoms with Crippen LogP contribution in [-0.2, 0) is 17.9 Å². The van der Waals surface area contributed by atoms with E-state index in [1.165, 1.54) is 0 Å². The first kappa shape index (κ1) is 13.4. The molecule has 0 radical (unpaired) electrons. The summed E-state index contributed by atoms with van der Waals surface area (Å²) >= 11 is 0. The van der Waals surface area contributed by atoms with Gasteiger partial charge in [-0.05, 0) is 40.0 Å². The number of fused-ring (bicyclic) bond motifs is 1. The lowest BCUT2D eigenvalue weighted by Gasteiger charge is -2.25. The van der Waals surface area contributed by atoms with Crippen LogP contribution in [0.5, 0.6) is 0 Å². The second-order valence-corrected chi connectivity index (χ2v) is 5.90. The van der Waals surface area contributed by atoms with Crippen LogP contribution in [0.3, 0.4) is 0 Å². The van der Waals surface area contributed by atoms with Crippen LogP contribution in [0.1, 0.15) is 51.4 Å². The average molecular weight is 259 g/mol. The van der Waals surface area contributed by atoms with Gasteiger partial charge in [0.15, 0.2) is 5.69 Å². The lowest BCUT2D eigenvalue weighted by atomic mass is 9.95. The molecule has 102 valence electrons. The summed E-state index contributed by atoms with van der Waals surface area (Å²) in [6, 6.07) is 0. The van der Waals surface area contributed by atoms with Crippen LogP contribution in [0, 0.1) is 0 Å². The Hall–Kier alpha value is -1.04. The number of nitrogens with zero attached hydrogens (tertiary/aromatic N) is 3. The molecule has 1 atom stereocenters. The minimum atomic E-state index is -3.00. The highest BCUT2D eigenvalue weighted by atomic mass is 19.3. The zero-order valence-corrected chi connectivity index (χ0v) is 11.0. The van der Waals surface area contributed by atoms with E-state index in [4.69, 9.17) is 0 Å². The normalized spacial score (nSPS) is 24.2. The first-order valence-corrected chi connectivity index (χ1v) is 6.23. The lowest BCUT2D eigenvalue weighted by Crippen LogP contribution is -2.29. The van der Waals surface area contributed by atoms with Crippen LogP contribution in [-0.4, -0.2) is 26.2 Å². The summed E-state index contributed by atoms with van der Waals surface area (Å²) in [7, 11) is 0. The molecule has 1 aromatic heterocycles. The predicted octanol–water partition coefficient (Wildman–Crippen LogP) is 2.21. The van der Waals surface area contributed by atoms with E-state index in [0.717, 1.165) is 0 Å². The molecule has 0 saturated carbocycles. The first-order valence-electron chi connectivity index (χ1n) is 6.23. The Balaban J connectivity index is 2.48. The van der Waals surface area contributed by atoms with Gasteiger partial charge in [0.25, 0.3) is 5.92 Å². The number of hydrogen-bond donors (Lipinski definition) is 1. The molecule has 6 heteroatoms. The number of halogens is 2. The van der Waals surface area contributed by atoms with Crippen LogP contribution in [0.4, 0.5) is 8.78 Å². The van der Waals surface area contributed by atoms with Gasteiger partial charge in [-0.25, -0.2) is 4.68 Å². The minimum absolute atomic E-state index is 0.106. The fourth-order valence-electron chi connectivity index (χ4n) is 2.26. The van der Waals surface area contributed by atoms with E-state index >= 15 is 0 Å². The van der Waals surface area contributed by atoms with Crippen molar-refractivity contribution in [3.05, 3.63) is 11.4 Å². The number of aromatic nitrogens is 3. The zero-order chi connectivity index (χ0) is 13.6. The number of alkyl halides is 2. The molecular formula is C12H19F2N3O. The summed E-state index contributed by atoms with van der Waals surface area (Å²) in [6.07, 6.45) is -0.0748. The maximum absolute atomic E-state index is 14.0. The molecule has 18 heavy (non-hydrogen) atoms. The smallest absolute Gasteiger partial charge is 0.293 e. The van der Waals surface area contributed by atoms with Gasteiger partial charge in [0.2, 0.25) is 0 Å². The van der Waals surface area contributed by atoms with E-state index in [2.05, 4.69) is 10.3 Å². The zero-order valence-electron chi connectivity index (χ0n) is 11.0. The van der Waals surface area contributed by atoms with Crippen molar-refractivity contribution in [2.24, 2.45) is 0 Å². The van der Waals surface area contributed by atoms with E-state index in [1.54, 1.807) is 4.68 Å². The second-order valence-electron chi connectivity index (χ2n) is 5.90. The lowest BCUT2D eigenvalue weighted by molar-refractivity contribution is -0.0349. The summed E-state index contributed by atoms with van der Waals surface area (Å²) in [5.74, 6) is -3.00. The molecular weight excluding hydrogens is 240 g/mol. The number of rotatable bonds is 0. The van der Waals surface area contributed by atoms with Gasteiger partial charge in [-0.1, -0.05) is 5.21 Å². The van der Waals surface area contributed by atoms with E-state index in [1.807, 2.05) is 20.8 Å². The highest BCUT2D eigenvalue weighted by Gasteiger charge is 2.41. The Kier molecular flexibility index (Phi) is 3.17. The highest BCUT2D eigenvalue weighted by Crippen LogP contribution is 2.37. The van der Waals surface area contributed by atoms with Crippen LogP contribution in [0.25, 0.3) is 0 Å². The fraction of sp³-hybridized carbons (Fsp3) is 0.833. The largest absolute Gasteiger partial charge is 0.393 e. The van der Waals surface area contributed by atoms with Crippen molar-refractivity contribution in [1.82, 2.24) is 15.0 Å². The molecule has 1 aromatic rings. The maximum Gasteiger partial charge on any atom is 0.293 e. The van der Waals surface area contributed by atoms with E-state index in [-0.39, 0.29) is 24.1 Å². The number of aliphatic hydroxyl groups is 1. The summed E-state index contributed by atoms with van der Waals surface area (Å²) in [4.78, 5) is 0. The van der Waals surface area contributed by atoms with Crippen molar-refractivity contribution in [2.45, 2.75) is 64.0 Å². The molecule has 1 heterocycles. The third kappa shape index (κ3) is 2.39. The molecule has 1 aliphatic carbocycles. The van der Waals surface area contributed by atoms with Gasteiger partial charge in [-0.2, -0.15) is 8.78 Å². The molecule has 0 amide bonds. The molecule has 1 aliphatic rings. The van der Waals surface area contributed by atoms with Gasteiger partial charge in [0.1, 0.15) is 0 Å².